The summed E-state index contributed by atoms with van der Waals surface area (Å²) in [5.41, 5.74) is -1.27. The van der Waals surface area contributed by atoms with Crippen molar-refractivity contribution in [1.29, 1.82) is 0 Å². The lowest BCUT2D eigenvalue weighted by Gasteiger charge is -2.24. The molecule has 0 amide bonds. The van der Waals surface area contributed by atoms with Gasteiger partial charge in [-0.1, -0.05) is 13.3 Å². The van der Waals surface area contributed by atoms with E-state index in [0.717, 1.165) is 12.8 Å². The molecule has 1 aliphatic heterocycles. The van der Waals surface area contributed by atoms with Crippen molar-refractivity contribution in [2.24, 2.45) is 0 Å². The van der Waals surface area contributed by atoms with E-state index in [1.165, 1.54) is 6.26 Å². The number of hydrogen-bond acceptors (Lipinski definition) is 2. The van der Waals surface area contributed by atoms with Crippen molar-refractivity contribution in [2.45, 2.75) is 44.8 Å². The first kappa shape index (κ1) is 22.0. The Bertz CT molecular complexity index is 926. The monoisotopic (exact) mass is 434 g/mol. The van der Waals surface area contributed by atoms with Gasteiger partial charge in [0.15, 0.2) is 17.5 Å². The van der Waals surface area contributed by atoms with E-state index in [4.69, 9.17) is 4.74 Å². The van der Waals surface area contributed by atoms with Gasteiger partial charge >= 0.3 is 6.11 Å². The zero-order valence-electron chi connectivity index (χ0n) is 15.8. The molecule has 0 aromatic heterocycles. The van der Waals surface area contributed by atoms with E-state index in [2.05, 4.69) is 4.74 Å². The van der Waals surface area contributed by atoms with Crippen LogP contribution in [0.4, 0.5) is 30.7 Å². The summed E-state index contributed by atoms with van der Waals surface area (Å²) in [5.74, 6) is -9.84. The molecule has 1 unspecified atom stereocenters. The minimum Gasteiger partial charge on any atom is -0.498 e. The van der Waals surface area contributed by atoms with Gasteiger partial charge < -0.3 is 9.47 Å². The molecular formula is C21H17F7O2. The summed E-state index contributed by atoms with van der Waals surface area (Å²) in [4.78, 5) is 0. The molecule has 2 aromatic carbocycles. The summed E-state index contributed by atoms with van der Waals surface area (Å²) in [7, 11) is 0. The number of rotatable bonds is 6. The van der Waals surface area contributed by atoms with Crippen molar-refractivity contribution in [1.82, 2.24) is 0 Å². The molecule has 0 bridgehead atoms. The molecule has 0 spiro atoms. The van der Waals surface area contributed by atoms with Crippen molar-refractivity contribution in [3.05, 3.63) is 70.7 Å². The molecule has 30 heavy (non-hydrogen) atoms. The summed E-state index contributed by atoms with van der Waals surface area (Å²) < 4.78 is 106. The Morgan fingerprint density at radius 2 is 1.57 bits per heavy atom. The lowest BCUT2D eigenvalue weighted by molar-refractivity contribution is -0.189. The Morgan fingerprint density at radius 1 is 0.967 bits per heavy atom. The quantitative estimate of drug-likeness (QED) is 0.367. The molecule has 2 aromatic rings. The van der Waals surface area contributed by atoms with Gasteiger partial charge in [-0.3, -0.25) is 0 Å². The number of hydrogen-bond donors (Lipinski definition) is 0. The Morgan fingerprint density at radius 3 is 2.07 bits per heavy atom. The van der Waals surface area contributed by atoms with Crippen LogP contribution in [0.1, 0.15) is 43.7 Å². The zero-order valence-corrected chi connectivity index (χ0v) is 15.8. The zero-order chi connectivity index (χ0) is 22.1. The van der Waals surface area contributed by atoms with E-state index in [-0.39, 0.29) is 23.8 Å². The van der Waals surface area contributed by atoms with Gasteiger partial charge in [0.25, 0.3) is 0 Å². The fourth-order valence-corrected chi connectivity index (χ4v) is 3.20. The summed E-state index contributed by atoms with van der Waals surface area (Å²) in [6.07, 6.45) is -0.483. The van der Waals surface area contributed by atoms with Gasteiger partial charge in [0, 0.05) is 12.1 Å². The highest BCUT2D eigenvalue weighted by Gasteiger charge is 2.41. The molecule has 0 radical (unpaired) electrons. The normalized spacial score (nSPS) is 16.8. The van der Waals surface area contributed by atoms with Crippen LogP contribution in [-0.4, -0.2) is 6.10 Å². The molecule has 3 rings (SSSR count). The average Bonchev–Trinajstić information content (AvgIpc) is 2.65. The third kappa shape index (κ3) is 4.55. The third-order valence-electron chi connectivity index (χ3n) is 4.66. The van der Waals surface area contributed by atoms with E-state index in [1.807, 2.05) is 6.92 Å². The lowest BCUT2D eigenvalue weighted by atomic mass is 9.95. The first-order valence-corrected chi connectivity index (χ1v) is 9.18. The molecule has 0 aliphatic carbocycles. The Hall–Kier alpha value is -2.71. The van der Waals surface area contributed by atoms with E-state index in [1.54, 1.807) is 0 Å². The molecule has 1 aliphatic rings. The van der Waals surface area contributed by atoms with E-state index in [9.17, 15) is 30.7 Å². The predicted molar refractivity (Wildman–Crippen MR) is 94.2 cm³/mol. The van der Waals surface area contributed by atoms with Crippen molar-refractivity contribution < 1.29 is 40.2 Å². The standard InChI is InChI=1S/C21H17F7O2/c1-2-3-13-5-4-11(10-29-13)12-6-15(22)19(16(23)7-12)21(27,28)30-14-8-17(24)20(26)18(25)9-14/h6-10,13H,2-5H2,1H3. The topological polar surface area (TPSA) is 18.5 Å². The fraction of sp³-hybridized carbons (Fsp3) is 0.333. The molecule has 1 heterocycles. The second-order valence-electron chi connectivity index (χ2n) is 6.86. The molecule has 0 saturated heterocycles. The second kappa shape index (κ2) is 8.57. The second-order valence-corrected chi connectivity index (χ2v) is 6.86. The Balaban J connectivity index is 1.88. The first-order valence-electron chi connectivity index (χ1n) is 9.18. The average molecular weight is 434 g/mol. The van der Waals surface area contributed by atoms with Crippen molar-refractivity contribution in [2.75, 3.05) is 0 Å². The van der Waals surface area contributed by atoms with Gasteiger partial charge in [0.2, 0.25) is 0 Å². The summed E-state index contributed by atoms with van der Waals surface area (Å²) in [6, 6.07) is 1.70. The number of ether oxygens (including phenoxy) is 2. The molecule has 162 valence electrons. The van der Waals surface area contributed by atoms with Crippen LogP contribution >= 0.6 is 0 Å². The van der Waals surface area contributed by atoms with Gasteiger partial charge in [-0.25, -0.2) is 22.0 Å². The highest BCUT2D eigenvalue weighted by atomic mass is 19.3. The Kier molecular flexibility index (Phi) is 6.28. The number of alkyl halides is 2. The minimum absolute atomic E-state index is 0.0121. The molecule has 9 heteroatoms. The van der Waals surface area contributed by atoms with E-state index in [0.29, 0.717) is 30.5 Å². The predicted octanol–water partition coefficient (Wildman–Crippen LogP) is 6.83. The highest BCUT2D eigenvalue weighted by molar-refractivity contribution is 5.65. The molecule has 2 nitrogen and oxygen atoms in total. The van der Waals surface area contributed by atoms with Gasteiger partial charge in [0.1, 0.15) is 22.9 Å². The molecular weight excluding hydrogens is 417 g/mol. The minimum atomic E-state index is -4.62. The van der Waals surface area contributed by atoms with Gasteiger partial charge in [-0.2, -0.15) is 8.78 Å². The number of benzene rings is 2. The Labute approximate surface area is 167 Å². The van der Waals surface area contributed by atoms with Crippen molar-refractivity contribution >= 4 is 5.57 Å². The maximum Gasteiger partial charge on any atom is 0.432 e. The maximum atomic E-state index is 14.4. The lowest BCUT2D eigenvalue weighted by Crippen LogP contribution is -2.25. The SMILES string of the molecule is CCCC1CCC(c2cc(F)c(C(F)(F)Oc3cc(F)c(F)c(F)c3)c(F)c2)=CO1. The van der Waals surface area contributed by atoms with E-state index >= 15 is 0 Å². The fourth-order valence-electron chi connectivity index (χ4n) is 3.20. The van der Waals surface area contributed by atoms with Crippen molar-refractivity contribution in [3.8, 4) is 5.75 Å². The molecule has 0 fully saturated rings. The van der Waals surface area contributed by atoms with Crippen LogP contribution in [0.2, 0.25) is 0 Å². The largest absolute Gasteiger partial charge is 0.498 e. The van der Waals surface area contributed by atoms with Crippen molar-refractivity contribution in [3.63, 3.8) is 0 Å². The van der Waals surface area contributed by atoms with Crippen LogP contribution in [0.3, 0.4) is 0 Å². The molecule has 0 saturated carbocycles. The molecule has 0 N–H and O–H groups in total. The van der Waals surface area contributed by atoms with Gasteiger partial charge in [-0.15, -0.1) is 0 Å². The highest BCUT2D eigenvalue weighted by Crippen LogP contribution is 2.38. The number of allylic oxidation sites excluding steroid dienone is 1. The van der Waals surface area contributed by atoms with Crippen LogP contribution < -0.4 is 4.74 Å². The summed E-state index contributed by atoms with van der Waals surface area (Å²) in [6.45, 7) is 1.99. The van der Waals surface area contributed by atoms with E-state index < -0.39 is 46.5 Å². The molecule has 1 atom stereocenters. The third-order valence-corrected chi connectivity index (χ3v) is 4.66. The maximum absolute atomic E-state index is 14.4. The van der Waals surface area contributed by atoms with Gasteiger partial charge in [-0.05, 0) is 42.5 Å². The smallest absolute Gasteiger partial charge is 0.432 e. The first-order chi connectivity index (χ1) is 14.1. The van der Waals surface area contributed by atoms with Crippen LogP contribution in [0.15, 0.2) is 30.5 Å². The van der Waals surface area contributed by atoms with Crippen LogP contribution in [0, 0.1) is 29.1 Å². The van der Waals surface area contributed by atoms with Gasteiger partial charge in [0.05, 0.1) is 12.4 Å². The number of halogens is 7. The van der Waals surface area contributed by atoms with Crippen LogP contribution in [0.25, 0.3) is 5.57 Å². The summed E-state index contributed by atoms with van der Waals surface area (Å²) >= 11 is 0. The van der Waals surface area contributed by atoms with Crippen LogP contribution in [-0.2, 0) is 10.8 Å². The van der Waals surface area contributed by atoms with Crippen LogP contribution in [0.5, 0.6) is 5.75 Å². The summed E-state index contributed by atoms with van der Waals surface area (Å²) in [5, 5.41) is 0.